The van der Waals surface area contributed by atoms with Crippen LogP contribution in [0.25, 0.3) is 0 Å². The second-order valence-corrected chi connectivity index (χ2v) is 10.1. The first-order chi connectivity index (χ1) is 19.1. The maximum atomic E-state index is 13.2. The maximum Gasteiger partial charge on any atom is 0.338 e. The first-order valence-corrected chi connectivity index (χ1v) is 12.9. The summed E-state index contributed by atoms with van der Waals surface area (Å²) < 4.78 is 23.5. The summed E-state index contributed by atoms with van der Waals surface area (Å²) in [4.78, 5) is 39.1. The lowest BCUT2D eigenvalue weighted by Crippen LogP contribution is -2.51. The van der Waals surface area contributed by atoms with Gasteiger partial charge in [0.15, 0.2) is 11.7 Å². The Labute approximate surface area is 233 Å². The molecule has 0 amide bonds. The number of carbonyl (C=O) groups excluding carboxylic acids is 3. The molecule has 1 fully saturated rings. The molecular formula is C32H31NO7. The van der Waals surface area contributed by atoms with Crippen molar-refractivity contribution in [2.75, 3.05) is 6.61 Å². The highest BCUT2D eigenvalue weighted by Gasteiger charge is 2.59. The Morgan fingerprint density at radius 1 is 0.775 bits per heavy atom. The highest BCUT2D eigenvalue weighted by molar-refractivity contribution is 5.91. The summed E-state index contributed by atoms with van der Waals surface area (Å²) in [5.74, 6) is -1.92. The van der Waals surface area contributed by atoms with Gasteiger partial charge in [0.25, 0.3) is 0 Å². The number of benzene rings is 3. The number of hydrogen-bond donors (Lipinski definition) is 0. The lowest BCUT2D eigenvalue weighted by atomic mass is 9.90. The third-order valence-corrected chi connectivity index (χ3v) is 6.94. The third-order valence-electron chi connectivity index (χ3n) is 6.94. The average Bonchev–Trinajstić information content (AvgIpc) is 3.18. The van der Waals surface area contributed by atoms with E-state index in [4.69, 9.17) is 18.9 Å². The molecule has 1 saturated heterocycles. The van der Waals surface area contributed by atoms with E-state index in [0.29, 0.717) is 11.1 Å². The molecule has 0 aromatic heterocycles. The fourth-order valence-corrected chi connectivity index (χ4v) is 4.50. The summed E-state index contributed by atoms with van der Waals surface area (Å²) in [5.41, 5.74) is 2.29. The van der Waals surface area contributed by atoms with E-state index in [0.717, 1.165) is 16.7 Å². The van der Waals surface area contributed by atoms with Crippen LogP contribution in [0.4, 0.5) is 0 Å². The monoisotopic (exact) mass is 541 g/mol. The maximum absolute atomic E-state index is 13.2. The number of esters is 3. The van der Waals surface area contributed by atoms with E-state index in [1.165, 1.54) is 0 Å². The van der Waals surface area contributed by atoms with E-state index < -0.39 is 41.8 Å². The van der Waals surface area contributed by atoms with Gasteiger partial charge in [-0.15, -0.1) is 0 Å². The summed E-state index contributed by atoms with van der Waals surface area (Å²) in [6, 6.07) is 22.5. The van der Waals surface area contributed by atoms with Crippen LogP contribution in [0.15, 0.2) is 72.8 Å². The zero-order valence-corrected chi connectivity index (χ0v) is 22.9. The summed E-state index contributed by atoms with van der Waals surface area (Å²) in [7, 11) is 0. The van der Waals surface area contributed by atoms with Crippen LogP contribution >= 0.6 is 0 Å². The number of nitrogens with zero attached hydrogens (tertiary/aromatic N) is 1. The van der Waals surface area contributed by atoms with Gasteiger partial charge >= 0.3 is 17.9 Å². The van der Waals surface area contributed by atoms with Gasteiger partial charge in [-0.05, 0) is 64.1 Å². The van der Waals surface area contributed by atoms with Crippen LogP contribution in [0.1, 0.15) is 61.1 Å². The Kier molecular flexibility index (Phi) is 8.66. The molecule has 1 aliphatic heterocycles. The predicted octanol–water partition coefficient (Wildman–Crippen LogP) is 5.29. The molecule has 4 rings (SSSR count). The number of ether oxygens (including phenoxy) is 4. The van der Waals surface area contributed by atoms with Crippen LogP contribution in [-0.2, 0) is 18.9 Å². The summed E-state index contributed by atoms with van der Waals surface area (Å²) in [5, 5.41) is 9.52. The molecule has 0 radical (unpaired) electrons. The largest absolute Gasteiger partial charge is 0.459 e. The van der Waals surface area contributed by atoms with Crippen LogP contribution < -0.4 is 0 Å². The van der Waals surface area contributed by atoms with Gasteiger partial charge in [0.2, 0.25) is 0 Å². The van der Waals surface area contributed by atoms with Crippen molar-refractivity contribution in [2.45, 2.75) is 58.0 Å². The lowest BCUT2D eigenvalue weighted by Gasteiger charge is -2.33. The molecule has 3 aromatic carbocycles. The number of aryl methyl sites for hydroxylation is 3. The molecule has 8 heteroatoms. The van der Waals surface area contributed by atoms with Gasteiger partial charge < -0.3 is 18.9 Å². The highest BCUT2D eigenvalue weighted by Crippen LogP contribution is 2.39. The molecule has 206 valence electrons. The minimum Gasteiger partial charge on any atom is -0.459 e. The molecular weight excluding hydrogens is 510 g/mol. The zero-order chi connectivity index (χ0) is 28.9. The normalized spacial score (nSPS) is 21.7. The van der Waals surface area contributed by atoms with Gasteiger partial charge in [-0.3, -0.25) is 0 Å². The number of rotatable bonds is 8. The van der Waals surface area contributed by atoms with Crippen molar-refractivity contribution in [3.8, 4) is 6.07 Å². The van der Waals surface area contributed by atoms with Gasteiger partial charge in [0.1, 0.15) is 18.8 Å². The molecule has 0 unspecified atom stereocenters. The molecule has 3 aromatic rings. The van der Waals surface area contributed by atoms with Crippen LogP contribution in [0.2, 0.25) is 0 Å². The second-order valence-electron chi connectivity index (χ2n) is 10.1. The summed E-state index contributed by atoms with van der Waals surface area (Å²) in [6.45, 7) is 6.97. The van der Waals surface area contributed by atoms with Gasteiger partial charge in [-0.2, -0.15) is 5.26 Å². The Balaban J connectivity index is 1.63. The third kappa shape index (κ3) is 6.38. The van der Waals surface area contributed by atoms with Gasteiger partial charge in [-0.1, -0.05) is 53.1 Å². The van der Waals surface area contributed by atoms with Gasteiger partial charge in [0, 0.05) is 0 Å². The van der Waals surface area contributed by atoms with E-state index in [-0.39, 0.29) is 18.6 Å². The van der Waals surface area contributed by atoms with E-state index in [9.17, 15) is 19.6 Å². The Hall–Kier alpha value is -4.48. The Morgan fingerprint density at radius 3 is 1.70 bits per heavy atom. The van der Waals surface area contributed by atoms with Crippen molar-refractivity contribution in [1.82, 2.24) is 0 Å². The highest BCUT2D eigenvalue weighted by atomic mass is 16.7. The average molecular weight is 542 g/mol. The summed E-state index contributed by atoms with van der Waals surface area (Å²) in [6.07, 6.45) is -3.29. The van der Waals surface area contributed by atoms with E-state index >= 15 is 0 Å². The lowest BCUT2D eigenvalue weighted by molar-refractivity contribution is -0.0869. The second kappa shape index (κ2) is 12.1. The number of nitriles is 1. The van der Waals surface area contributed by atoms with Gasteiger partial charge in [-0.25, -0.2) is 14.4 Å². The van der Waals surface area contributed by atoms with E-state index in [1.54, 1.807) is 79.7 Å². The molecule has 0 aliphatic carbocycles. The van der Waals surface area contributed by atoms with Crippen molar-refractivity contribution in [3.63, 3.8) is 0 Å². The number of carbonyl (C=O) groups is 3. The zero-order valence-electron chi connectivity index (χ0n) is 22.9. The molecule has 1 heterocycles. The molecule has 0 N–H and O–H groups in total. The molecule has 0 bridgehead atoms. The minimum absolute atomic E-state index is 0.154. The van der Waals surface area contributed by atoms with Gasteiger partial charge in [0.05, 0.1) is 29.2 Å². The standard InChI is InChI=1S/C32H31NO7/c1-20-5-11-23(12-6-20)29(34)37-19-26-28(39-30(35)24-13-7-21(2)8-14-24)32(4,27(38-26)17-18-33)40-31(36)25-15-9-22(3)10-16-25/h5-16,26-28H,17,19H2,1-4H3/t26-,27-,28-,32+/m1/s1. The van der Waals surface area contributed by atoms with Crippen molar-refractivity contribution in [2.24, 2.45) is 0 Å². The molecule has 40 heavy (non-hydrogen) atoms. The Bertz CT molecular complexity index is 1410. The molecule has 8 nitrogen and oxygen atoms in total. The fourth-order valence-electron chi connectivity index (χ4n) is 4.50. The van der Waals surface area contributed by atoms with Crippen LogP contribution in [0.5, 0.6) is 0 Å². The van der Waals surface area contributed by atoms with Crippen molar-refractivity contribution in [3.05, 3.63) is 106 Å². The summed E-state index contributed by atoms with van der Waals surface area (Å²) >= 11 is 0. The smallest absolute Gasteiger partial charge is 0.338 e. The first-order valence-electron chi connectivity index (χ1n) is 12.9. The minimum atomic E-state index is -1.56. The van der Waals surface area contributed by atoms with Crippen LogP contribution in [-0.4, -0.2) is 48.4 Å². The number of hydrogen-bond acceptors (Lipinski definition) is 8. The SMILES string of the molecule is Cc1ccc(C(=O)OC[C@H]2O[C@H](CC#N)[C@](C)(OC(=O)c3ccc(C)cc3)[C@@H]2OC(=O)c2ccc(C)cc2)cc1. The molecule has 4 atom stereocenters. The van der Waals surface area contributed by atoms with Crippen molar-refractivity contribution < 1.29 is 33.3 Å². The molecule has 0 spiro atoms. The fraction of sp³-hybridized carbons (Fsp3) is 0.312. The van der Waals surface area contributed by atoms with E-state index in [2.05, 4.69) is 0 Å². The topological polar surface area (TPSA) is 112 Å². The molecule has 1 aliphatic rings. The van der Waals surface area contributed by atoms with Crippen molar-refractivity contribution >= 4 is 17.9 Å². The molecule has 0 saturated carbocycles. The van der Waals surface area contributed by atoms with Crippen molar-refractivity contribution in [1.29, 1.82) is 5.26 Å². The van der Waals surface area contributed by atoms with Crippen LogP contribution in [0, 0.1) is 32.1 Å². The predicted molar refractivity (Wildman–Crippen MR) is 146 cm³/mol. The van der Waals surface area contributed by atoms with E-state index in [1.807, 2.05) is 26.8 Å². The Morgan fingerprint density at radius 2 is 1.23 bits per heavy atom. The first kappa shape index (κ1) is 28.5. The van der Waals surface area contributed by atoms with Crippen LogP contribution in [0.3, 0.4) is 0 Å². The quantitative estimate of drug-likeness (QED) is 0.279.